The van der Waals surface area contributed by atoms with Gasteiger partial charge < -0.3 is 10.7 Å². The van der Waals surface area contributed by atoms with Gasteiger partial charge in [0, 0.05) is 11.5 Å². The lowest BCUT2D eigenvalue weighted by atomic mass is 10.0. The largest absolute Gasteiger partial charge is 0.330 e. The quantitative estimate of drug-likeness (QED) is 0.820. The minimum absolute atomic E-state index is 0.0369. The van der Waals surface area contributed by atoms with Gasteiger partial charge in [-0.05, 0) is 37.4 Å². The van der Waals surface area contributed by atoms with Gasteiger partial charge in [0.15, 0.2) is 0 Å². The number of para-hydroxylation sites is 1. The molecule has 0 fully saturated rings. The van der Waals surface area contributed by atoms with Gasteiger partial charge in [-0.25, -0.2) is 0 Å². The SMILES string of the molecule is Cc1cc(=O)[nH]c2c(CCCN)cccc12. The molecule has 0 bridgehead atoms. The highest BCUT2D eigenvalue weighted by Crippen LogP contribution is 2.19. The second-order valence-electron chi connectivity index (χ2n) is 4.05. The van der Waals surface area contributed by atoms with E-state index in [1.165, 1.54) is 5.56 Å². The maximum atomic E-state index is 11.5. The molecule has 0 spiro atoms. The summed E-state index contributed by atoms with van der Waals surface area (Å²) in [6, 6.07) is 7.74. The van der Waals surface area contributed by atoms with Gasteiger partial charge in [0.05, 0.1) is 5.52 Å². The Labute approximate surface area is 94.3 Å². The molecule has 3 nitrogen and oxygen atoms in total. The molecule has 0 atom stereocenters. The van der Waals surface area contributed by atoms with Crippen LogP contribution in [0, 0.1) is 6.92 Å². The van der Waals surface area contributed by atoms with Gasteiger partial charge in [0.1, 0.15) is 0 Å². The highest BCUT2D eigenvalue weighted by Gasteiger charge is 2.04. The second kappa shape index (κ2) is 4.49. The van der Waals surface area contributed by atoms with Gasteiger partial charge in [-0.1, -0.05) is 18.2 Å². The molecule has 0 unspecified atom stereocenters. The van der Waals surface area contributed by atoms with Gasteiger partial charge in [-0.15, -0.1) is 0 Å². The Balaban J connectivity index is 2.62. The van der Waals surface area contributed by atoms with Gasteiger partial charge in [0.2, 0.25) is 5.56 Å². The molecule has 1 aromatic carbocycles. The number of hydrogen-bond donors (Lipinski definition) is 2. The first-order valence-electron chi connectivity index (χ1n) is 5.54. The Hall–Kier alpha value is -1.61. The molecule has 0 saturated carbocycles. The molecule has 1 heterocycles. The molecule has 2 aromatic rings. The van der Waals surface area contributed by atoms with E-state index in [1.807, 2.05) is 25.1 Å². The lowest BCUT2D eigenvalue weighted by Gasteiger charge is -2.07. The fourth-order valence-corrected chi connectivity index (χ4v) is 2.01. The van der Waals surface area contributed by atoms with Crippen LogP contribution in [0.3, 0.4) is 0 Å². The highest BCUT2D eigenvalue weighted by atomic mass is 16.1. The van der Waals surface area contributed by atoms with Crippen LogP contribution in [0.1, 0.15) is 17.5 Å². The summed E-state index contributed by atoms with van der Waals surface area (Å²) in [5.41, 5.74) is 8.62. The predicted octanol–water partition coefficient (Wildman–Crippen LogP) is 1.73. The standard InChI is InChI=1S/C13H16N2O/c1-9-8-12(16)15-13-10(5-3-7-14)4-2-6-11(9)13/h2,4,6,8H,3,5,7,14H2,1H3,(H,15,16). The van der Waals surface area contributed by atoms with E-state index in [4.69, 9.17) is 5.73 Å². The molecule has 16 heavy (non-hydrogen) atoms. The summed E-state index contributed by atoms with van der Waals surface area (Å²) in [4.78, 5) is 14.4. The van der Waals surface area contributed by atoms with Gasteiger partial charge in [0.25, 0.3) is 0 Å². The molecule has 3 heteroatoms. The summed E-state index contributed by atoms with van der Waals surface area (Å²) in [6.45, 7) is 2.64. The van der Waals surface area contributed by atoms with Gasteiger partial charge in [-0.3, -0.25) is 4.79 Å². The third kappa shape index (κ3) is 1.99. The third-order valence-corrected chi connectivity index (χ3v) is 2.82. The molecule has 1 aromatic heterocycles. The lowest BCUT2D eigenvalue weighted by molar-refractivity contribution is 0.835. The van der Waals surface area contributed by atoms with Crippen molar-refractivity contribution in [3.8, 4) is 0 Å². The van der Waals surface area contributed by atoms with E-state index in [-0.39, 0.29) is 5.56 Å². The number of aromatic nitrogens is 1. The van der Waals surface area contributed by atoms with E-state index in [9.17, 15) is 4.79 Å². The monoisotopic (exact) mass is 216 g/mol. The third-order valence-electron chi connectivity index (χ3n) is 2.82. The average molecular weight is 216 g/mol. The van der Waals surface area contributed by atoms with Crippen molar-refractivity contribution in [2.75, 3.05) is 6.54 Å². The van der Waals surface area contributed by atoms with Crippen molar-refractivity contribution < 1.29 is 0 Å². The fourth-order valence-electron chi connectivity index (χ4n) is 2.01. The van der Waals surface area contributed by atoms with Crippen LogP contribution in [-0.2, 0) is 6.42 Å². The highest BCUT2D eigenvalue weighted by molar-refractivity contribution is 5.84. The van der Waals surface area contributed by atoms with Crippen LogP contribution in [0.4, 0.5) is 0 Å². The number of rotatable bonds is 3. The zero-order chi connectivity index (χ0) is 11.5. The maximum absolute atomic E-state index is 11.5. The number of benzene rings is 1. The van der Waals surface area contributed by atoms with Crippen LogP contribution >= 0.6 is 0 Å². The summed E-state index contributed by atoms with van der Waals surface area (Å²) < 4.78 is 0. The van der Waals surface area contributed by atoms with Gasteiger partial charge in [-0.2, -0.15) is 0 Å². The van der Waals surface area contributed by atoms with Crippen LogP contribution in [-0.4, -0.2) is 11.5 Å². The number of nitrogens with two attached hydrogens (primary N) is 1. The topological polar surface area (TPSA) is 58.9 Å². The molecule has 84 valence electrons. The molecular formula is C13H16N2O. The summed E-state index contributed by atoms with van der Waals surface area (Å²) >= 11 is 0. The molecular weight excluding hydrogens is 200 g/mol. The van der Waals surface area contributed by atoms with E-state index < -0.39 is 0 Å². The number of aromatic amines is 1. The first-order chi connectivity index (χ1) is 7.72. The van der Waals surface area contributed by atoms with Crippen molar-refractivity contribution in [2.45, 2.75) is 19.8 Å². The Bertz CT molecular complexity index is 557. The van der Waals surface area contributed by atoms with Crippen LogP contribution < -0.4 is 11.3 Å². The Kier molecular flexibility index (Phi) is 3.06. The zero-order valence-electron chi connectivity index (χ0n) is 9.42. The van der Waals surface area contributed by atoms with Crippen molar-refractivity contribution in [1.29, 1.82) is 0 Å². The average Bonchev–Trinajstić information content (AvgIpc) is 2.26. The number of hydrogen-bond acceptors (Lipinski definition) is 2. The Morgan fingerprint density at radius 3 is 2.94 bits per heavy atom. The minimum Gasteiger partial charge on any atom is -0.330 e. The number of nitrogens with one attached hydrogen (secondary N) is 1. The van der Waals surface area contributed by atoms with Crippen molar-refractivity contribution in [3.05, 3.63) is 45.7 Å². The van der Waals surface area contributed by atoms with E-state index in [1.54, 1.807) is 6.07 Å². The van der Waals surface area contributed by atoms with Crippen LogP contribution in [0.25, 0.3) is 10.9 Å². The van der Waals surface area contributed by atoms with Crippen molar-refractivity contribution >= 4 is 10.9 Å². The number of aryl methyl sites for hydroxylation is 2. The van der Waals surface area contributed by atoms with E-state index in [2.05, 4.69) is 4.98 Å². The van der Waals surface area contributed by atoms with Crippen molar-refractivity contribution in [2.24, 2.45) is 5.73 Å². The molecule has 0 aliphatic carbocycles. The molecule has 2 rings (SSSR count). The zero-order valence-corrected chi connectivity index (χ0v) is 9.42. The molecule has 0 radical (unpaired) electrons. The van der Waals surface area contributed by atoms with Crippen molar-refractivity contribution in [3.63, 3.8) is 0 Å². The lowest BCUT2D eigenvalue weighted by Crippen LogP contribution is -2.07. The smallest absolute Gasteiger partial charge is 0.248 e. The maximum Gasteiger partial charge on any atom is 0.248 e. The van der Waals surface area contributed by atoms with Crippen molar-refractivity contribution in [1.82, 2.24) is 4.98 Å². The molecule has 0 amide bonds. The van der Waals surface area contributed by atoms with E-state index in [0.717, 1.165) is 29.3 Å². The van der Waals surface area contributed by atoms with E-state index in [0.29, 0.717) is 6.54 Å². The Morgan fingerprint density at radius 1 is 1.38 bits per heavy atom. The van der Waals surface area contributed by atoms with Crippen LogP contribution in [0.2, 0.25) is 0 Å². The minimum atomic E-state index is -0.0369. The fraction of sp³-hybridized carbons (Fsp3) is 0.308. The van der Waals surface area contributed by atoms with Gasteiger partial charge >= 0.3 is 0 Å². The molecule has 0 aliphatic rings. The van der Waals surface area contributed by atoms with E-state index >= 15 is 0 Å². The molecule has 0 aliphatic heterocycles. The first-order valence-corrected chi connectivity index (χ1v) is 5.54. The Morgan fingerprint density at radius 2 is 2.19 bits per heavy atom. The summed E-state index contributed by atoms with van der Waals surface area (Å²) in [7, 11) is 0. The summed E-state index contributed by atoms with van der Waals surface area (Å²) in [5, 5.41) is 1.12. The number of fused-ring (bicyclic) bond motifs is 1. The number of H-pyrrole nitrogens is 1. The summed E-state index contributed by atoms with van der Waals surface area (Å²) in [5.74, 6) is 0. The predicted molar refractivity (Wildman–Crippen MR) is 66.7 cm³/mol. The van der Waals surface area contributed by atoms with Crippen LogP contribution in [0.15, 0.2) is 29.1 Å². The molecule has 3 N–H and O–H groups in total. The molecule has 0 saturated heterocycles. The first kappa shape index (κ1) is 10.9. The normalized spacial score (nSPS) is 10.9. The summed E-state index contributed by atoms with van der Waals surface area (Å²) in [6.07, 6.45) is 1.85. The van der Waals surface area contributed by atoms with Crippen LogP contribution in [0.5, 0.6) is 0 Å². The second-order valence-corrected chi connectivity index (χ2v) is 4.05. The number of pyridine rings is 1.